The van der Waals surface area contributed by atoms with Gasteiger partial charge in [0.2, 0.25) is 17.7 Å². The van der Waals surface area contributed by atoms with Crippen molar-refractivity contribution in [2.24, 2.45) is 5.92 Å². The summed E-state index contributed by atoms with van der Waals surface area (Å²) >= 11 is 5.85. The minimum atomic E-state index is 0.0888. The Morgan fingerprint density at radius 1 is 1.18 bits per heavy atom. The number of rotatable bonds is 4. The largest absolute Gasteiger partial charge is 0.419 e. The van der Waals surface area contributed by atoms with Gasteiger partial charge in [0.15, 0.2) is 0 Å². The Labute approximate surface area is 134 Å². The number of benzene rings is 1. The molecule has 1 aromatic carbocycles. The van der Waals surface area contributed by atoms with E-state index in [4.69, 9.17) is 16.0 Å². The van der Waals surface area contributed by atoms with Gasteiger partial charge in [0.25, 0.3) is 0 Å². The minimum Gasteiger partial charge on any atom is -0.419 e. The molecule has 1 fully saturated rings. The van der Waals surface area contributed by atoms with E-state index in [1.54, 1.807) is 12.1 Å². The van der Waals surface area contributed by atoms with Crippen LogP contribution in [0, 0.1) is 5.92 Å². The van der Waals surface area contributed by atoms with E-state index in [1.807, 2.05) is 12.1 Å². The van der Waals surface area contributed by atoms with E-state index in [0.717, 1.165) is 31.2 Å². The maximum atomic E-state index is 12.1. The molecule has 0 radical (unpaired) electrons. The summed E-state index contributed by atoms with van der Waals surface area (Å²) in [7, 11) is 0. The van der Waals surface area contributed by atoms with Gasteiger partial charge < -0.3 is 9.73 Å². The van der Waals surface area contributed by atoms with E-state index in [1.165, 1.54) is 6.42 Å². The number of halogens is 1. The first kappa shape index (κ1) is 15.0. The van der Waals surface area contributed by atoms with E-state index in [2.05, 4.69) is 15.5 Å². The molecule has 0 aliphatic heterocycles. The molecule has 1 amide bonds. The lowest BCUT2D eigenvalue weighted by atomic mass is 9.89. The first-order valence-corrected chi connectivity index (χ1v) is 7.96. The van der Waals surface area contributed by atoms with Gasteiger partial charge in [-0.3, -0.25) is 4.79 Å². The Kier molecular flexibility index (Phi) is 4.73. The summed E-state index contributed by atoms with van der Waals surface area (Å²) in [5.74, 6) is 1.06. The SMILES string of the molecule is O=C(NCc1nnc(-c2ccc(Cl)cc2)o1)C1CCCCC1. The number of hydrogen-bond acceptors (Lipinski definition) is 4. The van der Waals surface area contributed by atoms with Crippen molar-refractivity contribution in [2.45, 2.75) is 38.6 Å². The monoisotopic (exact) mass is 319 g/mol. The summed E-state index contributed by atoms with van der Waals surface area (Å²) in [5, 5.41) is 11.5. The van der Waals surface area contributed by atoms with Crippen LogP contribution < -0.4 is 5.32 Å². The maximum absolute atomic E-state index is 12.1. The number of carbonyl (C=O) groups excluding carboxylic acids is 1. The van der Waals surface area contributed by atoms with Gasteiger partial charge in [-0.1, -0.05) is 30.9 Å². The highest BCUT2D eigenvalue weighted by Crippen LogP contribution is 2.24. The number of nitrogens with one attached hydrogen (secondary N) is 1. The molecule has 1 saturated carbocycles. The zero-order chi connectivity index (χ0) is 15.4. The van der Waals surface area contributed by atoms with Gasteiger partial charge in [-0.2, -0.15) is 0 Å². The summed E-state index contributed by atoms with van der Waals surface area (Å²) in [4.78, 5) is 12.1. The molecular formula is C16H18ClN3O2. The molecule has 22 heavy (non-hydrogen) atoms. The van der Waals surface area contributed by atoms with Crippen LogP contribution in [0.15, 0.2) is 28.7 Å². The molecule has 5 nitrogen and oxygen atoms in total. The van der Waals surface area contributed by atoms with Crippen molar-refractivity contribution in [3.05, 3.63) is 35.2 Å². The highest BCUT2D eigenvalue weighted by Gasteiger charge is 2.21. The van der Waals surface area contributed by atoms with Crippen LogP contribution in [0.2, 0.25) is 5.02 Å². The maximum Gasteiger partial charge on any atom is 0.247 e. The second kappa shape index (κ2) is 6.92. The van der Waals surface area contributed by atoms with Crippen LogP contribution in [0.5, 0.6) is 0 Å². The number of hydrogen-bond donors (Lipinski definition) is 1. The van der Waals surface area contributed by atoms with Crippen molar-refractivity contribution in [3.8, 4) is 11.5 Å². The third kappa shape index (κ3) is 3.65. The molecule has 0 atom stereocenters. The zero-order valence-electron chi connectivity index (χ0n) is 12.2. The quantitative estimate of drug-likeness (QED) is 0.935. The molecule has 3 rings (SSSR count). The molecule has 1 aliphatic rings. The number of carbonyl (C=O) groups is 1. The van der Waals surface area contributed by atoms with Gasteiger partial charge in [0.05, 0.1) is 6.54 Å². The van der Waals surface area contributed by atoms with E-state index < -0.39 is 0 Å². The van der Waals surface area contributed by atoms with Crippen molar-refractivity contribution in [1.82, 2.24) is 15.5 Å². The van der Waals surface area contributed by atoms with Crippen LogP contribution in [-0.2, 0) is 11.3 Å². The Hall–Kier alpha value is -1.88. The van der Waals surface area contributed by atoms with Crippen molar-refractivity contribution >= 4 is 17.5 Å². The molecule has 0 unspecified atom stereocenters. The summed E-state index contributed by atoms with van der Waals surface area (Å²) in [5.41, 5.74) is 0.807. The van der Waals surface area contributed by atoms with E-state index in [9.17, 15) is 4.79 Å². The number of amides is 1. The fraction of sp³-hybridized carbons (Fsp3) is 0.438. The lowest BCUT2D eigenvalue weighted by molar-refractivity contribution is -0.126. The minimum absolute atomic E-state index is 0.0888. The predicted octanol–water partition coefficient (Wildman–Crippen LogP) is 3.59. The van der Waals surface area contributed by atoms with E-state index in [-0.39, 0.29) is 18.4 Å². The Morgan fingerprint density at radius 2 is 1.91 bits per heavy atom. The lowest BCUT2D eigenvalue weighted by Gasteiger charge is -2.20. The third-order valence-corrected chi connectivity index (χ3v) is 4.20. The smallest absolute Gasteiger partial charge is 0.247 e. The molecule has 116 valence electrons. The topological polar surface area (TPSA) is 68.0 Å². The van der Waals surface area contributed by atoms with E-state index in [0.29, 0.717) is 16.8 Å². The van der Waals surface area contributed by atoms with Gasteiger partial charge in [0, 0.05) is 16.5 Å². The molecular weight excluding hydrogens is 302 g/mol. The van der Waals surface area contributed by atoms with Crippen LogP contribution in [0.25, 0.3) is 11.5 Å². The molecule has 0 bridgehead atoms. The molecule has 6 heteroatoms. The molecule has 0 spiro atoms. The van der Waals surface area contributed by atoms with Gasteiger partial charge in [0.1, 0.15) is 0 Å². The first-order valence-electron chi connectivity index (χ1n) is 7.58. The molecule has 0 saturated heterocycles. The summed E-state index contributed by atoms with van der Waals surface area (Å²) in [6.07, 6.45) is 5.47. The van der Waals surface area contributed by atoms with Crippen molar-refractivity contribution in [1.29, 1.82) is 0 Å². The van der Waals surface area contributed by atoms with Gasteiger partial charge >= 0.3 is 0 Å². The van der Waals surface area contributed by atoms with Crippen LogP contribution in [-0.4, -0.2) is 16.1 Å². The number of nitrogens with zero attached hydrogens (tertiary/aromatic N) is 2. The summed E-state index contributed by atoms with van der Waals surface area (Å²) < 4.78 is 5.57. The van der Waals surface area contributed by atoms with Crippen molar-refractivity contribution in [2.75, 3.05) is 0 Å². The molecule has 2 aromatic rings. The fourth-order valence-electron chi connectivity index (χ4n) is 2.71. The van der Waals surface area contributed by atoms with Gasteiger partial charge in [-0.05, 0) is 37.1 Å². The van der Waals surface area contributed by atoms with Gasteiger partial charge in [-0.25, -0.2) is 0 Å². The van der Waals surface area contributed by atoms with Crippen LogP contribution in [0.1, 0.15) is 38.0 Å². The normalized spacial score (nSPS) is 15.7. The van der Waals surface area contributed by atoms with Crippen LogP contribution in [0.4, 0.5) is 0 Å². The third-order valence-electron chi connectivity index (χ3n) is 3.95. The Morgan fingerprint density at radius 3 is 2.64 bits per heavy atom. The average Bonchev–Trinajstić information content (AvgIpc) is 3.03. The van der Waals surface area contributed by atoms with Crippen LogP contribution in [0.3, 0.4) is 0 Å². The molecule has 1 aliphatic carbocycles. The first-order chi connectivity index (χ1) is 10.7. The lowest BCUT2D eigenvalue weighted by Crippen LogP contribution is -2.31. The molecule has 1 N–H and O–H groups in total. The standard InChI is InChI=1S/C16H18ClN3O2/c17-13-8-6-12(7-9-13)16-20-19-14(22-16)10-18-15(21)11-4-2-1-3-5-11/h6-9,11H,1-5,10H2,(H,18,21). The zero-order valence-corrected chi connectivity index (χ0v) is 13.0. The second-order valence-electron chi connectivity index (χ2n) is 5.56. The average molecular weight is 320 g/mol. The van der Waals surface area contributed by atoms with Crippen molar-refractivity contribution in [3.63, 3.8) is 0 Å². The summed E-state index contributed by atoms with van der Waals surface area (Å²) in [6, 6.07) is 7.18. The van der Waals surface area contributed by atoms with Gasteiger partial charge in [-0.15, -0.1) is 10.2 Å². The van der Waals surface area contributed by atoms with Crippen LogP contribution >= 0.6 is 11.6 Å². The van der Waals surface area contributed by atoms with E-state index >= 15 is 0 Å². The van der Waals surface area contributed by atoms with Crippen molar-refractivity contribution < 1.29 is 9.21 Å². The highest BCUT2D eigenvalue weighted by molar-refractivity contribution is 6.30. The Balaban J connectivity index is 1.57. The Bertz CT molecular complexity index is 633. The highest BCUT2D eigenvalue weighted by atomic mass is 35.5. The molecule has 1 aromatic heterocycles. The summed E-state index contributed by atoms with van der Waals surface area (Å²) in [6.45, 7) is 0.274. The number of aromatic nitrogens is 2. The predicted molar refractivity (Wildman–Crippen MR) is 83.2 cm³/mol. The second-order valence-corrected chi connectivity index (χ2v) is 6.00. The molecule has 1 heterocycles. The fourth-order valence-corrected chi connectivity index (χ4v) is 2.83.